The minimum absolute atomic E-state index is 0.0598. The quantitative estimate of drug-likeness (QED) is 0.619. The van der Waals surface area contributed by atoms with Crippen molar-refractivity contribution in [3.05, 3.63) is 15.8 Å². The molecular formula is C17H21NO3S. The average molecular weight is 319 g/mol. The fraction of sp³-hybridized carbons (Fsp3) is 0.529. The first kappa shape index (κ1) is 16.6. The van der Waals surface area contributed by atoms with Gasteiger partial charge in [-0.25, -0.2) is 4.79 Å². The highest BCUT2D eigenvalue weighted by Crippen LogP contribution is 2.33. The SMILES string of the molecule is COC(=O)c1sc(C#CC(C)(C)C)cc1N1CCCCC1=O. The molecule has 22 heavy (non-hydrogen) atoms. The number of thiophene rings is 1. The maximum absolute atomic E-state index is 12.1. The third kappa shape index (κ3) is 3.89. The van der Waals surface area contributed by atoms with Crippen LogP contribution >= 0.6 is 11.3 Å². The monoisotopic (exact) mass is 319 g/mol. The van der Waals surface area contributed by atoms with E-state index in [9.17, 15) is 9.59 Å². The Morgan fingerprint density at radius 3 is 2.68 bits per heavy atom. The molecule has 0 spiro atoms. The summed E-state index contributed by atoms with van der Waals surface area (Å²) in [5, 5.41) is 0. The molecule has 0 saturated carbocycles. The molecule has 0 N–H and O–H groups in total. The van der Waals surface area contributed by atoms with E-state index in [1.807, 2.05) is 26.8 Å². The lowest BCUT2D eigenvalue weighted by molar-refractivity contribution is -0.119. The predicted octanol–water partition coefficient (Wildman–Crippen LogP) is 3.45. The van der Waals surface area contributed by atoms with E-state index in [1.165, 1.54) is 18.4 Å². The Balaban J connectivity index is 2.42. The van der Waals surface area contributed by atoms with Gasteiger partial charge in [0.25, 0.3) is 0 Å². The molecule has 0 aromatic carbocycles. The Morgan fingerprint density at radius 1 is 1.36 bits per heavy atom. The molecule has 1 saturated heterocycles. The zero-order chi connectivity index (χ0) is 16.3. The summed E-state index contributed by atoms with van der Waals surface area (Å²) in [6.07, 6.45) is 2.38. The summed E-state index contributed by atoms with van der Waals surface area (Å²) < 4.78 is 4.85. The summed E-state index contributed by atoms with van der Waals surface area (Å²) in [6, 6.07) is 1.83. The van der Waals surface area contributed by atoms with Gasteiger partial charge in [0.1, 0.15) is 4.88 Å². The van der Waals surface area contributed by atoms with Crippen LogP contribution in [0.25, 0.3) is 0 Å². The number of anilines is 1. The second-order valence-electron chi connectivity index (χ2n) is 6.32. The number of carbonyl (C=O) groups is 2. The van der Waals surface area contributed by atoms with Crippen molar-refractivity contribution >= 4 is 28.9 Å². The van der Waals surface area contributed by atoms with Gasteiger partial charge in [-0.3, -0.25) is 4.79 Å². The lowest BCUT2D eigenvalue weighted by Crippen LogP contribution is -2.35. The van der Waals surface area contributed by atoms with Crippen molar-refractivity contribution in [3.63, 3.8) is 0 Å². The van der Waals surface area contributed by atoms with Gasteiger partial charge in [0, 0.05) is 18.4 Å². The fourth-order valence-electron chi connectivity index (χ4n) is 2.19. The van der Waals surface area contributed by atoms with E-state index < -0.39 is 5.97 Å². The van der Waals surface area contributed by atoms with Crippen LogP contribution in [0.3, 0.4) is 0 Å². The first-order valence-electron chi connectivity index (χ1n) is 7.37. The molecule has 0 unspecified atom stereocenters. The molecule has 0 atom stereocenters. The Morgan fingerprint density at radius 2 is 2.09 bits per heavy atom. The molecule has 1 aliphatic rings. The highest BCUT2D eigenvalue weighted by atomic mass is 32.1. The number of rotatable bonds is 2. The molecule has 1 amide bonds. The second kappa shape index (κ2) is 6.53. The second-order valence-corrected chi connectivity index (χ2v) is 7.37. The normalized spacial score (nSPS) is 15.3. The van der Waals surface area contributed by atoms with Gasteiger partial charge in [0.2, 0.25) is 5.91 Å². The number of esters is 1. The number of hydrogen-bond donors (Lipinski definition) is 0. The fourth-order valence-corrected chi connectivity index (χ4v) is 3.13. The van der Waals surface area contributed by atoms with Crippen LogP contribution < -0.4 is 4.90 Å². The molecule has 118 valence electrons. The van der Waals surface area contributed by atoms with Crippen LogP contribution in [-0.4, -0.2) is 25.5 Å². The number of ether oxygens (including phenoxy) is 1. The van der Waals surface area contributed by atoms with Gasteiger partial charge in [-0.05, 0) is 39.7 Å². The van der Waals surface area contributed by atoms with Crippen LogP contribution in [0.15, 0.2) is 6.07 Å². The van der Waals surface area contributed by atoms with Crippen LogP contribution in [0.5, 0.6) is 0 Å². The van der Waals surface area contributed by atoms with Crippen LogP contribution in [0.4, 0.5) is 5.69 Å². The lowest BCUT2D eigenvalue weighted by Gasteiger charge is -2.26. The molecule has 1 fully saturated rings. The van der Waals surface area contributed by atoms with Crippen molar-refractivity contribution in [3.8, 4) is 11.8 Å². The molecule has 1 aliphatic heterocycles. The molecule has 1 aromatic rings. The maximum atomic E-state index is 12.1. The first-order chi connectivity index (χ1) is 10.3. The van der Waals surface area contributed by atoms with E-state index in [1.54, 1.807) is 4.90 Å². The zero-order valence-corrected chi connectivity index (χ0v) is 14.3. The van der Waals surface area contributed by atoms with Crippen LogP contribution in [0, 0.1) is 17.3 Å². The van der Waals surface area contributed by atoms with Crippen molar-refractivity contribution in [2.24, 2.45) is 5.41 Å². The summed E-state index contributed by atoms with van der Waals surface area (Å²) in [6.45, 7) is 6.74. The summed E-state index contributed by atoms with van der Waals surface area (Å²) in [5.41, 5.74) is 0.524. The van der Waals surface area contributed by atoms with Gasteiger partial charge in [-0.2, -0.15) is 0 Å². The molecular weight excluding hydrogens is 298 g/mol. The predicted molar refractivity (Wildman–Crippen MR) is 88.2 cm³/mol. The highest BCUT2D eigenvalue weighted by molar-refractivity contribution is 7.15. The number of methoxy groups -OCH3 is 1. The number of carbonyl (C=O) groups excluding carboxylic acids is 2. The number of hydrogen-bond acceptors (Lipinski definition) is 4. The number of amides is 1. The summed E-state index contributed by atoms with van der Waals surface area (Å²) in [7, 11) is 1.35. The largest absolute Gasteiger partial charge is 0.465 e. The van der Waals surface area contributed by atoms with Gasteiger partial charge < -0.3 is 9.64 Å². The van der Waals surface area contributed by atoms with E-state index in [0.29, 0.717) is 23.5 Å². The Hall–Kier alpha value is -1.80. The third-order valence-corrected chi connectivity index (χ3v) is 4.28. The first-order valence-corrected chi connectivity index (χ1v) is 8.19. The summed E-state index contributed by atoms with van der Waals surface area (Å²) >= 11 is 1.29. The molecule has 1 aromatic heterocycles. The van der Waals surface area contributed by atoms with Crippen LogP contribution in [0.1, 0.15) is 54.6 Å². The summed E-state index contributed by atoms with van der Waals surface area (Å²) in [5.74, 6) is 5.90. The molecule has 0 radical (unpaired) electrons. The Bertz CT molecular complexity index is 643. The van der Waals surface area contributed by atoms with E-state index in [-0.39, 0.29) is 11.3 Å². The minimum Gasteiger partial charge on any atom is -0.465 e. The smallest absolute Gasteiger partial charge is 0.350 e. The molecule has 5 heteroatoms. The van der Waals surface area contributed by atoms with Crippen molar-refractivity contribution in [1.82, 2.24) is 0 Å². The van der Waals surface area contributed by atoms with Crippen molar-refractivity contribution in [1.29, 1.82) is 0 Å². The topological polar surface area (TPSA) is 46.6 Å². The molecule has 0 aliphatic carbocycles. The van der Waals surface area contributed by atoms with Crippen molar-refractivity contribution < 1.29 is 14.3 Å². The van der Waals surface area contributed by atoms with Crippen LogP contribution in [0.2, 0.25) is 0 Å². The van der Waals surface area contributed by atoms with Crippen molar-refractivity contribution in [2.75, 3.05) is 18.6 Å². The van der Waals surface area contributed by atoms with Crippen LogP contribution in [-0.2, 0) is 9.53 Å². The van der Waals surface area contributed by atoms with Gasteiger partial charge in [0.05, 0.1) is 17.7 Å². The third-order valence-electron chi connectivity index (χ3n) is 3.26. The van der Waals surface area contributed by atoms with E-state index in [4.69, 9.17) is 4.74 Å². The number of nitrogens with zero attached hydrogens (tertiary/aromatic N) is 1. The number of piperidine rings is 1. The Kier molecular flexibility index (Phi) is 4.92. The van der Waals surface area contributed by atoms with Crippen molar-refractivity contribution in [2.45, 2.75) is 40.0 Å². The molecule has 2 heterocycles. The van der Waals surface area contributed by atoms with Gasteiger partial charge in [-0.1, -0.05) is 11.8 Å². The van der Waals surface area contributed by atoms with E-state index >= 15 is 0 Å². The Labute approximate surface area is 135 Å². The zero-order valence-electron chi connectivity index (χ0n) is 13.5. The minimum atomic E-state index is -0.415. The standard InChI is InChI=1S/C17H21NO3S/c1-17(2,3)9-8-12-11-13(15(22-12)16(20)21-4)18-10-6-5-7-14(18)19/h11H,5-7,10H2,1-4H3. The molecule has 0 bridgehead atoms. The maximum Gasteiger partial charge on any atom is 0.350 e. The average Bonchev–Trinajstić information content (AvgIpc) is 2.88. The van der Waals surface area contributed by atoms with Gasteiger partial charge in [-0.15, -0.1) is 11.3 Å². The van der Waals surface area contributed by atoms with E-state index in [0.717, 1.165) is 17.7 Å². The van der Waals surface area contributed by atoms with E-state index in [2.05, 4.69) is 11.8 Å². The lowest BCUT2D eigenvalue weighted by atomic mass is 9.98. The van der Waals surface area contributed by atoms with Gasteiger partial charge >= 0.3 is 5.97 Å². The summed E-state index contributed by atoms with van der Waals surface area (Å²) in [4.78, 5) is 27.1. The highest BCUT2D eigenvalue weighted by Gasteiger charge is 2.27. The van der Waals surface area contributed by atoms with Gasteiger partial charge in [0.15, 0.2) is 0 Å². The molecule has 4 nitrogen and oxygen atoms in total. The molecule has 2 rings (SSSR count).